The van der Waals surface area contributed by atoms with Gasteiger partial charge in [0.05, 0.1) is 12.8 Å². The second-order valence-corrected chi connectivity index (χ2v) is 10.0. The van der Waals surface area contributed by atoms with Crippen LogP contribution in [0.3, 0.4) is 0 Å². The molecule has 5 rings (SSSR count). The Labute approximate surface area is 203 Å². The molecule has 2 aromatic rings. The Kier molecular flexibility index (Phi) is 7.08. The normalized spacial score (nSPS) is 18.7. The van der Waals surface area contributed by atoms with E-state index in [9.17, 15) is 13.2 Å². The molecular weight excluding hydrogens is 454 g/mol. The highest BCUT2D eigenvalue weighted by molar-refractivity contribution is 7.90. The van der Waals surface area contributed by atoms with Crippen molar-refractivity contribution >= 4 is 21.7 Å². The Hall–Kier alpha value is -3.11. The third-order valence-electron chi connectivity index (χ3n) is 5.94. The largest absolute Gasteiger partial charge is 0.481 e. The number of fused-ring (bicyclic) bond motifs is 1. The Morgan fingerprint density at radius 3 is 2.65 bits per heavy atom. The van der Waals surface area contributed by atoms with Gasteiger partial charge in [0, 0.05) is 32.9 Å². The molecule has 1 aliphatic heterocycles. The number of amides is 2. The number of carbonyl (C=O) groups excluding carboxylic acids is 1. The van der Waals surface area contributed by atoms with Gasteiger partial charge in [0.25, 0.3) is 10.0 Å². The summed E-state index contributed by atoms with van der Waals surface area (Å²) in [5.41, 5.74) is 7.47. The highest BCUT2D eigenvalue weighted by atomic mass is 32.2. The highest BCUT2D eigenvalue weighted by Crippen LogP contribution is 2.36. The van der Waals surface area contributed by atoms with Crippen molar-refractivity contribution in [2.24, 2.45) is 0 Å². The van der Waals surface area contributed by atoms with E-state index in [0.29, 0.717) is 17.6 Å². The number of hydrazine groups is 1. The Morgan fingerprint density at radius 1 is 1.21 bits per heavy atom. The number of anilines is 1. The average molecular weight is 490 g/mol. The molecule has 1 saturated carbocycles. The van der Waals surface area contributed by atoms with Gasteiger partial charge in [0.15, 0.2) is 5.37 Å². The lowest BCUT2D eigenvalue weighted by molar-refractivity contribution is 0.256. The molecule has 1 aromatic carbocycles. The first-order chi connectivity index (χ1) is 16.4. The highest BCUT2D eigenvalue weighted by Gasteiger charge is 2.36. The molecule has 0 saturated heterocycles. The van der Waals surface area contributed by atoms with Gasteiger partial charge in [-0.15, -0.1) is 0 Å². The second-order valence-electron chi connectivity index (χ2n) is 8.24. The molecule has 1 atom stereocenters. The van der Waals surface area contributed by atoms with E-state index in [1.54, 1.807) is 30.6 Å². The molecule has 34 heavy (non-hydrogen) atoms. The molecule has 0 bridgehead atoms. The number of nitrogens with zero attached hydrogens (tertiary/aromatic N) is 2. The maximum atomic E-state index is 12.7. The minimum atomic E-state index is -3.95. The van der Waals surface area contributed by atoms with E-state index in [0.717, 1.165) is 48.8 Å². The summed E-state index contributed by atoms with van der Waals surface area (Å²) in [6, 6.07) is 7.13. The van der Waals surface area contributed by atoms with E-state index < -0.39 is 21.4 Å². The molecule has 3 N–H and O–H groups in total. The third-order valence-corrected chi connectivity index (χ3v) is 7.34. The van der Waals surface area contributed by atoms with E-state index >= 15 is 0 Å². The molecule has 2 amide bonds. The summed E-state index contributed by atoms with van der Waals surface area (Å²) < 4.78 is 32.8. The molecule has 1 unspecified atom stereocenters. The van der Waals surface area contributed by atoms with E-state index in [1.807, 2.05) is 26.0 Å². The summed E-state index contributed by atoms with van der Waals surface area (Å²) >= 11 is 0. The van der Waals surface area contributed by atoms with Gasteiger partial charge < -0.3 is 15.1 Å². The van der Waals surface area contributed by atoms with Gasteiger partial charge in [-0.3, -0.25) is 0 Å². The fraction of sp³-hybridized carbons (Fsp3) is 0.417. The topological polar surface area (TPSA) is 113 Å². The van der Waals surface area contributed by atoms with Crippen molar-refractivity contribution < 1.29 is 20.8 Å². The number of nitrogens with one attached hydrogen (secondary N) is 3. The first-order valence-electron chi connectivity index (χ1n) is 11.6. The number of hydrogen-bond donors (Lipinski definition) is 3. The minimum Gasteiger partial charge on any atom is -0.481 e. The van der Waals surface area contributed by atoms with Crippen molar-refractivity contribution in [3.05, 3.63) is 53.9 Å². The van der Waals surface area contributed by atoms with Crippen LogP contribution >= 0.6 is 0 Å². The zero-order valence-corrected chi connectivity index (χ0v) is 20.5. The molecule has 9 nitrogen and oxygen atoms in total. The van der Waals surface area contributed by atoms with Crippen LogP contribution in [0.4, 0.5) is 10.5 Å². The number of carbonyl (C=O) groups is 1. The van der Waals surface area contributed by atoms with Gasteiger partial charge in [-0.2, -0.15) is 0 Å². The minimum absolute atomic E-state index is 0. The molecule has 1 fully saturated rings. The van der Waals surface area contributed by atoms with E-state index in [4.69, 9.17) is 4.74 Å². The van der Waals surface area contributed by atoms with E-state index in [1.165, 1.54) is 11.6 Å². The van der Waals surface area contributed by atoms with Crippen LogP contribution in [-0.2, 0) is 22.9 Å². The molecule has 0 radical (unpaired) electrons. The Bertz CT molecular complexity index is 1200. The van der Waals surface area contributed by atoms with Gasteiger partial charge in [0.2, 0.25) is 5.88 Å². The Morgan fingerprint density at radius 2 is 1.94 bits per heavy atom. The van der Waals surface area contributed by atoms with Crippen LogP contribution in [0.2, 0.25) is 0 Å². The molecule has 2 heterocycles. The lowest BCUT2D eigenvalue weighted by atomic mass is 9.99. The predicted molar refractivity (Wildman–Crippen MR) is 136 cm³/mol. The van der Waals surface area contributed by atoms with Gasteiger partial charge in [-0.1, -0.05) is 13.8 Å². The molecule has 10 heteroatoms. The number of benzene rings is 1. The van der Waals surface area contributed by atoms with Crippen LogP contribution in [0.5, 0.6) is 5.88 Å². The van der Waals surface area contributed by atoms with Gasteiger partial charge in [-0.05, 0) is 73.1 Å². The molecule has 1 aromatic heterocycles. The van der Waals surface area contributed by atoms with Crippen LogP contribution < -0.4 is 20.2 Å². The monoisotopic (exact) mass is 489 g/mol. The van der Waals surface area contributed by atoms with Crippen molar-refractivity contribution in [1.29, 1.82) is 0 Å². The van der Waals surface area contributed by atoms with Crippen molar-refractivity contribution in [3.63, 3.8) is 0 Å². The number of aryl methyl sites for hydroxylation is 2. The predicted octanol–water partition coefficient (Wildman–Crippen LogP) is 4.04. The maximum absolute atomic E-state index is 12.7. The number of aromatic nitrogens is 1. The molecule has 3 aliphatic rings. The molecular formula is C24H35N5O4S. The first-order valence-corrected chi connectivity index (χ1v) is 13.2. The average Bonchev–Trinajstić information content (AvgIpc) is 3.37. The van der Waals surface area contributed by atoms with Crippen LogP contribution in [0.25, 0.3) is 11.1 Å². The second kappa shape index (κ2) is 10.0. The first kappa shape index (κ1) is 24.0. The number of hydrogen-bond acceptors (Lipinski definition) is 7. The lowest BCUT2D eigenvalue weighted by Crippen LogP contribution is -2.48. The van der Waals surface area contributed by atoms with Crippen LogP contribution in [0.1, 0.15) is 47.1 Å². The van der Waals surface area contributed by atoms with Crippen LogP contribution in [-0.4, -0.2) is 43.0 Å². The van der Waals surface area contributed by atoms with Crippen molar-refractivity contribution in [2.45, 2.75) is 57.4 Å². The number of pyridine rings is 1. The SMILES string of the molecule is CC.COc1cc(-c2cc3c(cc2NC(=O)NS(=O)(=O)C2C=CN(C4CC4)N2)CCC3)ccn1.[HH].[HH]. The summed E-state index contributed by atoms with van der Waals surface area (Å²) in [7, 11) is -2.41. The summed E-state index contributed by atoms with van der Waals surface area (Å²) in [5, 5.41) is 3.55. The summed E-state index contributed by atoms with van der Waals surface area (Å²) in [4.78, 5) is 16.9. The van der Waals surface area contributed by atoms with Gasteiger partial charge in [0.1, 0.15) is 0 Å². The van der Waals surface area contributed by atoms with E-state index in [2.05, 4.69) is 26.5 Å². The summed E-state index contributed by atoms with van der Waals surface area (Å²) in [6.07, 6.45) is 9.90. The van der Waals surface area contributed by atoms with Crippen LogP contribution in [0, 0.1) is 0 Å². The summed E-state index contributed by atoms with van der Waals surface area (Å²) in [6.45, 7) is 4.00. The number of sulfonamides is 1. The smallest absolute Gasteiger partial charge is 0.332 e. The van der Waals surface area contributed by atoms with Crippen molar-refractivity contribution in [2.75, 3.05) is 12.4 Å². The zero-order chi connectivity index (χ0) is 24.3. The lowest BCUT2D eigenvalue weighted by Gasteiger charge is -2.20. The standard InChI is InChI=1S/C22H25N5O4S.C2H6.2H2/c1-31-20-13-16(7-9-23-20)18-11-14-3-2-4-15(14)12-19(18)24-22(28)26-32(29,30)21-8-10-27(25-21)17-5-6-17;1-2;;/h7-13,17,21,25H,2-6H2,1H3,(H2,24,26,28);1-2H3;2*1H. The molecule has 186 valence electrons. The number of rotatable bonds is 6. The molecule has 2 aliphatic carbocycles. The van der Waals surface area contributed by atoms with Crippen molar-refractivity contribution in [1.82, 2.24) is 20.1 Å². The van der Waals surface area contributed by atoms with Gasteiger partial charge in [-0.25, -0.2) is 28.3 Å². The number of urea groups is 1. The molecule has 0 spiro atoms. The maximum Gasteiger partial charge on any atom is 0.332 e. The fourth-order valence-electron chi connectivity index (χ4n) is 4.15. The third kappa shape index (κ3) is 5.18. The number of ether oxygens (including phenoxy) is 1. The quantitative estimate of drug-likeness (QED) is 0.561. The van der Waals surface area contributed by atoms with Crippen molar-refractivity contribution in [3.8, 4) is 17.0 Å². The Balaban J connectivity index is 0.00000111. The fourth-order valence-corrected chi connectivity index (χ4v) is 5.13. The zero-order valence-electron chi connectivity index (χ0n) is 19.7. The summed E-state index contributed by atoms with van der Waals surface area (Å²) in [5.74, 6) is 0.459. The van der Waals surface area contributed by atoms with Crippen LogP contribution in [0.15, 0.2) is 42.7 Å². The van der Waals surface area contributed by atoms with Gasteiger partial charge >= 0.3 is 6.03 Å². The number of methoxy groups -OCH3 is 1. The van der Waals surface area contributed by atoms with E-state index in [-0.39, 0.29) is 2.85 Å².